The summed E-state index contributed by atoms with van der Waals surface area (Å²) >= 11 is 2.17. The SMILES string of the molecule is C/C=C/CCNCc1ccc(I)o1. The second kappa shape index (κ2) is 6.21. The normalized spacial score (nSPS) is 11.2. The molecule has 72 valence electrons. The molecule has 1 aromatic heterocycles. The molecule has 0 fully saturated rings. The summed E-state index contributed by atoms with van der Waals surface area (Å²) in [5.74, 6) is 1.00. The van der Waals surface area contributed by atoms with Crippen molar-refractivity contribution in [3.05, 3.63) is 33.8 Å². The highest BCUT2D eigenvalue weighted by Gasteiger charge is 1.96. The smallest absolute Gasteiger partial charge is 0.164 e. The Morgan fingerprint density at radius 2 is 2.38 bits per heavy atom. The van der Waals surface area contributed by atoms with Gasteiger partial charge in [0.1, 0.15) is 5.76 Å². The van der Waals surface area contributed by atoms with Crippen LogP contribution in [0.3, 0.4) is 0 Å². The molecule has 0 unspecified atom stereocenters. The van der Waals surface area contributed by atoms with E-state index in [1.165, 1.54) is 0 Å². The number of halogens is 1. The van der Waals surface area contributed by atoms with Crippen LogP contribution < -0.4 is 5.32 Å². The largest absolute Gasteiger partial charge is 0.454 e. The van der Waals surface area contributed by atoms with Crippen molar-refractivity contribution in [3.63, 3.8) is 0 Å². The minimum absolute atomic E-state index is 0.820. The Morgan fingerprint density at radius 3 is 3.00 bits per heavy atom. The van der Waals surface area contributed by atoms with Crippen LogP contribution in [0, 0.1) is 3.77 Å². The van der Waals surface area contributed by atoms with E-state index >= 15 is 0 Å². The van der Waals surface area contributed by atoms with Gasteiger partial charge in [-0.2, -0.15) is 0 Å². The Kier molecular flexibility index (Phi) is 5.15. The third kappa shape index (κ3) is 4.47. The van der Waals surface area contributed by atoms with E-state index in [1.807, 2.05) is 19.1 Å². The van der Waals surface area contributed by atoms with Gasteiger partial charge in [0.15, 0.2) is 3.77 Å². The van der Waals surface area contributed by atoms with E-state index in [2.05, 4.69) is 40.1 Å². The van der Waals surface area contributed by atoms with Crippen LogP contribution in [0.5, 0.6) is 0 Å². The molecule has 1 heterocycles. The standard InChI is InChI=1S/C10H14INO/c1-2-3-4-7-12-8-9-5-6-10(11)13-9/h2-3,5-6,12H,4,7-8H2,1H3/b3-2+. The zero-order chi connectivity index (χ0) is 9.52. The molecule has 0 aliphatic rings. The highest BCUT2D eigenvalue weighted by atomic mass is 127. The highest BCUT2D eigenvalue weighted by Crippen LogP contribution is 2.09. The van der Waals surface area contributed by atoms with Crippen molar-refractivity contribution in [1.82, 2.24) is 5.32 Å². The van der Waals surface area contributed by atoms with Crippen molar-refractivity contribution in [2.24, 2.45) is 0 Å². The Hall–Kier alpha value is -0.290. The molecule has 1 rings (SSSR count). The van der Waals surface area contributed by atoms with Gasteiger partial charge in [-0.3, -0.25) is 0 Å². The molecule has 0 aromatic carbocycles. The third-order valence-electron chi connectivity index (χ3n) is 1.65. The lowest BCUT2D eigenvalue weighted by atomic mass is 10.3. The van der Waals surface area contributed by atoms with Crippen molar-refractivity contribution in [1.29, 1.82) is 0 Å². The molecule has 1 aromatic rings. The summed E-state index contributed by atoms with van der Waals surface area (Å²) in [6, 6.07) is 3.98. The maximum atomic E-state index is 5.40. The first-order valence-corrected chi connectivity index (χ1v) is 5.47. The lowest BCUT2D eigenvalue weighted by molar-refractivity contribution is 0.464. The van der Waals surface area contributed by atoms with Crippen LogP contribution in [-0.4, -0.2) is 6.54 Å². The number of rotatable bonds is 5. The molecule has 1 N–H and O–H groups in total. The van der Waals surface area contributed by atoms with Crippen molar-refractivity contribution in [3.8, 4) is 0 Å². The van der Waals surface area contributed by atoms with E-state index in [4.69, 9.17) is 4.42 Å². The molecule has 13 heavy (non-hydrogen) atoms. The molecule has 0 radical (unpaired) electrons. The van der Waals surface area contributed by atoms with Gasteiger partial charge in [-0.05, 0) is 54.6 Å². The highest BCUT2D eigenvalue weighted by molar-refractivity contribution is 14.1. The molecule has 0 spiro atoms. The third-order valence-corrected chi connectivity index (χ3v) is 2.23. The van der Waals surface area contributed by atoms with E-state index in [0.717, 1.165) is 29.0 Å². The lowest BCUT2D eigenvalue weighted by Crippen LogP contribution is -2.13. The van der Waals surface area contributed by atoms with Crippen LogP contribution in [-0.2, 0) is 6.54 Å². The lowest BCUT2D eigenvalue weighted by Gasteiger charge is -1.98. The second-order valence-corrected chi connectivity index (χ2v) is 3.80. The molecular formula is C10H14INO. The minimum atomic E-state index is 0.820. The Bertz CT molecular complexity index is 268. The molecule has 0 aliphatic heterocycles. The summed E-state index contributed by atoms with van der Waals surface area (Å²) < 4.78 is 6.34. The van der Waals surface area contributed by atoms with Gasteiger partial charge in [-0.25, -0.2) is 0 Å². The first-order chi connectivity index (χ1) is 6.33. The van der Waals surface area contributed by atoms with Crippen LogP contribution in [0.4, 0.5) is 0 Å². The van der Waals surface area contributed by atoms with Crippen LogP contribution in [0.15, 0.2) is 28.7 Å². The number of hydrogen-bond donors (Lipinski definition) is 1. The van der Waals surface area contributed by atoms with Crippen molar-refractivity contribution >= 4 is 22.6 Å². The Labute approximate surface area is 92.5 Å². The Balaban J connectivity index is 2.13. The van der Waals surface area contributed by atoms with Gasteiger partial charge >= 0.3 is 0 Å². The number of hydrogen-bond acceptors (Lipinski definition) is 2. The van der Waals surface area contributed by atoms with Crippen molar-refractivity contribution < 1.29 is 4.42 Å². The number of furan rings is 1. The fourth-order valence-corrected chi connectivity index (χ4v) is 1.47. The first kappa shape index (κ1) is 10.8. The topological polar surface area (TPSA) is 25.2 Å². The predicted octanol–water partition coefficient (Wildman–Crippen LogP) is 2.94. The van der Waals surface area contributed by atoms with Crippen LogP contribution in [0.25, 0.3) is 0 Å². The van der Waals surface area contributed by atoms with Gasteiger partial charge in [0, 0.05) is 0 Å². The van der Waals surface area contributed by atoms with Crippen LogP contribution in [0.1, 0.15) is 19.1 Å². The maximum absolute atomic E-state index is 5.40. The summed E-state index contributed by atoms with van der Waals surface area (Å²) in [6.07, 6.45) is 5.30. The fraction of sp³-hybridized carbons (Fsp3) is 0.400. The van der Waals surface area contributed by atoms with E-state index in [9.17, 15) is 0 Å². The van der Waals surface area contributed by atoms with Gasteiger partial charge in [-0.1, -0.05) is 12.2 Å². The van der Waals surface area contributed by atoms with E-state index in [-0.39, 0.29) is 0 Å². The van der Waals surface area contributed by atoms with Gasteiger partial charge < -0.3 is 9.73 Å². The summed E-state index contributed by atoms with van der Waals surface area (Å²) in [5, 5.41) is 3.30. The zero-order valence-electron chi connectivity index (χ0n) is 7.72. The molecule has 0 saturated carbocycles. The molecule has 0 saturated heterocycles. The molecule has 3 heteroatoms. The van der Waals surface area contributed by atoms with Crippen LogP contribution >= 0.6 is 22.6 Å². The van der Waals surface area contributed by atoms with E-state index < -0.39 is 0 Å². The molecule has 0 bridgehead atoms. The summed E-state index contributed by atoms with van der Waals surface area (Å²) in [7, 11) is 0. The molecule has 0 atom stereocenters. The number of allylic oxidation sites excluding steroid dienone is 1. The van der Waals surface area contributed by atoms with Crippen LogP contribution in [0.2, 0.25) is 0 Å². The van der Waals surface area contributed by atoms with Gasteiger partial charge in [-0.15, -0.1) is 0 Å². The monoisotopic (exact) mass is 291 g/mol. The second-order valence-electron chi connectivity index (χ2n) is 2.74. The molecular weight excluding hydrogens is 277 g/mol. The summed E-state index contributed by atoms with van der Waals surface area (Å²) in [5.41, 5.74) is 0. The fourth-order valence-electron chi connectivity index (χ4n) is 1.01. The number of nitrogens with one attached hydrogen (secondary N) is 1. The van der Waals surface area contributed by atoms with Gasteiger partial charge in [0.2, 0.25) is 0 Å². The Morgan fingerprint density at radius 1 is 1.54 bits per heavy atom. The van der Waals surface area contributed by atoms with E-state index in [1.54, 1.807) is 0 Å². The zero-order valence-corrected chi connectivity index (χ0v) is 9.87. The average Bonchev–Trinajstić information content (AvgIpc) is 2.51. The average molecular weight is 291 g/mol. The minimum Gasteiger partial charge on any atom is -0.454 e. The van der Waals surface area contributed by atoms with Crippen molar-refractivity contribution in [2.45, 2.75) is 19.9 Å². The first-order valence-electron chi connectivity index (χ1n) is 4.39. The summed E-state index contributed by atoms with van der Waals surface area (Å²) in [4.78, 5) is 0. The van der Waals surface area contributed by atoms with Crippen molar-refractivity contribution in [2.75, 3.05) is 6.54 Å². The van der Waals surface area contributed by atoms with Gasteiger partial charge in [0.25, 0.3) is 0 Å². The molecule has 0 aliphatic carbocycles. The maximum Gasteiger partial charge on any atom is 0.164 e. The summed E-state index contributed by atoms with van der Waals surface area (Å²) in [6.45, 7) is 3.86. The van der Waals surface area contributed by atoms with Gasteiger partial charge in [0.05, 0.1) is 6.54 Å². The molecule has 0 amide bonds. The van der Waals surface area contributed by atoms with E-state index in [0.29, 0.717) is 0 Å². The quantitative estimate of drug-likeness (QED) is 0.512. The predicted molar refractivity (Wildman–Crippen MR) is 62.6 cm³/mol. The molecule has 2 nitrogen and oxygen atoms in total.